The molecule has 4 aromatic carbocycles. The molecule has 184 valence electrons. The normalized spacial score (nSPS) is 12.7. The van der Waals surface area contributed by atoms with Crippen LogP contribution in [0.3, 0.4) is 0 Å². The molecule has 3 aromatic heterocycles. The predicted molar refractivity (Wildman–Crippen MR) is 159 cm³/mol. The molecule has 0 N–H and O–H groups in total. The smallest absolute Gasteiger partial charge is 0.159 e. The van der Waals surface area contributed by atoms with E-state index in [1.54, 1.807) is 12.1 Å². The van der Waals surface area contributed by atoms with Crippen molar-refractivity contribution in [3.05, 3.63) is 133 Å². The van der Waals surface area contributed by atoms with E-state index in [2.05, 4.69) is 35.3 Å². The summed E-state index contributed by atoms with van der Waals surface area (Å²) in [4.78, 5) is 18.8. The van der Waals surface area contributed by atoms with Crippen molar-refractivity contribution in [2.24, 2.45) is 0 Å². The van der Waals surface area contributed by atoms with Crippen LogP contribution < -0.4 is 0 Å². The highest BCUT2D eigenvalue weighted by molar-refractivity contribution is 6.03. The van der Waals surface area contributed by atoms with Gasteiger partial charge < -0.3 is 0 Å². The molecular formula is C35H24N4. The molecule has 0 aliphatic rings. The topological polar surface area (TPSA) is 51.6 Å². The van der Waals surface area contributed by atoms with Gasteiger partial charge in [0.1, 0.15) is 0 Å². The van der Waals surface area contributed by atoms with Gasteiger partial charge in [-0.15, -0.1) is 0 Å². The van der Waals surface area contributed by atoms with Crippen molar-refractivity contribution in [1.82, 2.24) is 19.9 Å². The van der Waals surface area contributed by atoms with Gasteiger partial charge in [-0.3, -0.25) is 4.98 Å². The van der Waals surface area contributed by atoms with Crippen molar-refractivity contribution in [2.75, 3.05) is 0 Å². The standard InChI is InChI=1S/C35H24N4/c1-23-13-14-25-15-16-26-17-18-32(39-34(26)33(25)38-23)29-11-6-12-30(20-29)35-36-21-31(22-37-35)28-10-5-9-27(19-28)24-7-3-2-4-8-24/h2-22H,1H3/i1D3. The van der Waals surface area contributed by atoms with Crippen LogP contribution in [0, 0.1) is 6.85 Å². The average Bonchev–Trinajstić information content (AvgIpc) is 3.04. The fourth-order valence-corrected chi connectivity index (χ4v) is 4.88. The van der Waals surface area contributed by atoms with Gasteiger partial charge in [0.15, 0.2) is 5.82 Å². The molecule has 3 heterocycles. The van der Waals surface area contributed by atoms with Gasteiger partial charge in [-0.1, -0.05) is 91.0 Å². The van der Waals surface area contributed by atoms with Gasteiger partial charge in [-0.25, -0.2) is 15.0 Å². The summed E-state index contributed by atoms with van der Waals surface area (Å²) >= 11 is 0. The van der Waals surface area contributed by atoms with E-state index in [4.69, 9.17) is 19.1 Å². The van der Waals surface area contributed by atoms with E-state index in [0.717, 1.165) is 49.8 Å². The lowest BCUT2D eigenvalue weighted by atomic mass is 10.0. The molecule has 39 heavy (non-hydrogen) atoms. The Balaban J connectivity index is 1.22. The highest BCUT2D eigenvalue weighted by atomic mass is 14.9. The van der Waals surface area contributed by atoms with E-state index >= 15 is 0 Å². The average molecular weight is 504 g/mol. The molecule has 0 fully saturated rings. The van der Waals surface area contributed by atoms with Gasteiger partial charge in [0.25, 0.3) is 0 Å². The first-order valence-corrected chi connectivity index (χ1v) is 12.7. The number of benzene rings is 4. The summed E-state index contributed by atoms with van der Waals surface area (Å²) in [5, 5.41) is 1.74. The molecule has 0 saturated carbocycles. The van der Waals surface area contributed by atoms with Gasteiger partial charge in [-0.2, -0.15) is 0 Å². The van der Waals surface area contributed by atoms with Gasteiger partial charge in [-0.05, 0) is 47.8 Å². The molecule has 0 radical (unpaired) electrons. The van der Waals surface area contributed by atoms with Crippen LogP contribution in [0.2, 0.25) is 0 Å². The van der Waals surface area contributed by atoms with E-state index in [1.165, 1.54) is 0 Å². The second kappa shape index (κ2) is 9.58. The highest BCUT2D eigenvalue weighted by Gasteiger charge is 2.10. The number of nitrogens with zero attached hydrogens (tertiary/aromatic N) is 4. The monoisotopic (exact) mass is 503 g/mol. The zero-order valence-electron chi connectivity index (χ0n) is 23.9. The maximum Gasteiger partial charge on any atom is 0.159 e. The maximum atomic E-state index is 7.78. The number of fused-ring (bicyclic) bond motifs is 3. The molecule has 4 nitrogen and oxygen atoms in total. The Morgan fingerprint density at radius 1 is 0.487 bits per heavy atom. The quantitative estimate of drug-likeness (QED) is 0.226. The summed E-state index contributed by atoms with van der Waals surface area (Å²) < 4.78 is 23.4. The summed E-state index contributed by atoms with van der Waals surface area (Å²) in [6.45, 7) is -2.29. The SMILES string of the molecule is [2H]C([2H])([2H])c1ccc2ccc3ccc(-c4cccc(-c5ncc(-c6cccc(-c7ccccc7)c6)cn5)c4)nc3c2n1. The lowest BCUT2D eigenvalue weighted by molar-refractivity contribution is 1.18. The summed E-state index contributed by atoms with van der Waals surface area (Å²) in [7, 11) is 0. The number of aromatic nitrogens is 4. The zero-order valence-corrected chi connectivity index (χ0v) is 20.9. The predicted octanol–water partition coefficient (Wildman–Crippen LogP) is 8.55. The fourth-order valence-electron chi connectivity index (χ4n) is 4.88. The van der Waals surface area contributed by atoms with Crippen LogP contribution in [0.5, 0.6) is 0 Å². The fraction of sp³-hybridized carbons (Fsp3) is 0.0286. The largest absolute Gasteiger partial charge is 0.251 e. The van der Waals surface area contributed by atoms with Gasteiger partial charge in [0.2, 0.25) is 0 Å². The molecule has 0 bridgehead atoms. The van der Waals surface area contributed by atoms with Crippen LogP contribution in [0.25, 0.3) is 66.7 Å². The number of pyridine rings is 2. The molecule has 0 unspecified atom stereocenters. The second-order valence-corrected chi connectivity index (χ2v) is 9.42. The third-order valence-electron chi connectivity index (χ3n) is 6.89. The molecule has 0 atom stereocenters. The van der Waals surface area contributed by atoms with Crippen molar-refractivity contribution in [2.45, 2.75) is 6.85 Å². The number of hydrogen-bond donors (Lipinski definition) is 0. The number of aryl methyl sites for hydroxylation is 1. The number of hydrogen-bond acceptors (Lipinski definition) is 4. The van der Waals surface area contributed by atoms with Crippen LogP contribution in [-0.2, 0) is 0 Å². The summed E-state index contributed by atoms with van der Waals surface area (Å²) in [6, 6.07) is 37.8. The highest BCUT2D eigenvalue weighted by Crippen LogP contribution is 2.30. The van der Waals surface area contributed by atoms with Crippen LogP contribution >= 0.6 is 0 Å². The Kier molecular flexibility index (Phi) is 4.87. The minimum Gasteiger partial charge on any atom is -0.251 e. The van der Waals surface area contributed by atoms with Crippen molar-refractivity contribution in [3.8, 4) is 44.9 Å². The van der Waals surface area contributed by atoms with E-state index in [1.807, 2.05) is 85.2 Å². The van der Waals surface area contributed by atoms with Crippen LogP contribution in [0.15, 0.2) is 128 Å². The van der Waals surface area contributed by atoms with Crippen LogP contribution in [0.1, 0.15) is 9.81 Å². The Morgan fingerprint density at radius 3 is 1.85 bits per heavy atom. The molecule has 0 amide bonds. The Bertz CT molecular complexity index is 2070. The molecule has 0 aliphatic heterocycles. The molecule has 7 aromatic rings. The first-order valence-electron chi connectivity index (χ1n) is 14.2. The molecule has 4 heteroatoms. The van der Waals surface area contributed by atoms with E-state index in [-0.39, 0.29) is 5.69 Å². The molecular weight excluding hydrogens is 476 g/mol. The first kappa shape index (κ1) is 19.8. The van der Waals surface area contributed by atoms with Crippen LogP contribution in [-0.4, -0.2) is 19.9 Å². The van der Waals surface area contributed by atoms with Crippen molar-refractivity contribution >= 4 is 21.8 Å². The summed E-state index contributed by atoms with van der Waals surface area (Å²) in [5.74, 6) is 0.620. The summed E-state index contributed by atoms with van der Waals surface area (Å²) in [5.41, 5.74) is 8.15. The molecule has 7 rings (SSSR count). The first-order chi connectivity index (χ1) is 20.4. The Morgan fingerprint density at radius 2 is 1.08 bits per heavy atom. The lowest BCUT2D eigenvalue weighted by Gasteiger charge is -2.09. The van der Waals surface area contributed by atoms with E-state index in [0.29, 0.717) is 16.9 Å². The lowest BCUT2D eigenvalue weighted by Crippen LogP contribution is -1.92. The van der Waals surface area contributed by atoms with E-state index < -0.39 is 6.85 Å². The third-order valence-corrected chi connectivity index (χ3v) is 6.89. The van der Waals surface area contributed by atoms with Gasteiger partial charge in [0.05, 0.1) is 16.7 Å². The van der Waals surface area contributed by atoms with Gasteiger partial charge in [0, 0.05) is 49.7 Å². The van der Waals surface area contributed by atoms with Crippen molar-refractivity contribution in [3.63, 3.8) is 0 Å². The Hall–Kier alpha value is -5.22. The van der Waals surface area contributed by atoms with Crippen molar-refractivity contribution < 1.29 is 4.11 Å². The van der Waals surface area contributed by atoms with Crippen molar-refractivity contribution in [1.29, 1.82) is 0 Å². The number of rotatable bonds is 4. The maximum absolute atomic E-state index is 7.78. The second-order valence-electron chi connectivity index (χ2n) is 9.42. The molecule has 0 saturated heterocycles. The third kappa shape index (κ3) is 4.42. The zero-order chi connectivity index (χ0) is 28.7. The van der Waals surface area contributed by atoms with E-state index in [9.17, 15) is 0 Å². The minimum absolute atomic E-state index is 0.0593. The Labute approximate surface area is 230 Å². The minimum atomic E-state index is -2.29. The summed E-state index contributed by atoms with van der Waals surface area (Å²) in [6.07, 6.45) is 3.71. The van der Waals surface area contributed by atoms with Crippen LogP contribution in [0.4, 0.5) is 0 Å². The molecule has 0 aliphatic carbocycles. The molecule has 0 spiro atoms. The van der Waals surface area contributed by atoms with Gasteiger partial charge >= 0.3 is 0 Å².